The van der Waals surface area contributed by atoms with E-state index in [0.29, 0.717) is 18.7 Å². The van der Waals surface area contributed by atoms with Crippen molar-refractivity contribution in [2.75, 3.05) is 6.54 Å². The fraction of sp³-hybridized carbons (Fsp3) is 0.304. The van der Waals surface area contributed by atoms with Gasteiger partial charge in [0.1, 0.15) is 10.8 Å². The molecular formula is C23H26N2O2S. The zero-order valence-electron chi connectivity index (χ0n) is 16.6. The van der Waals surface area contributed by atoms with Gasteiger partial charge in [0.25, 0.3) is 5.91 Å². The number of benzene rings is 2. The molecule has 1 atom stereocenters. The number of nitrogens with one attached hydrogen (secondary N) is 1. The monoisotopic (exact) mass is 394 g/mol. The van der Waals surface area contributed by atoms with Gasteiger partial charge in [-0.15, -0.1) is 11.3 Å². The van der Waals surface area contributed by atoms with Gasteiger partial charge in [0, 0.05) is 23.9 Å². The van der Waals surface area contributed by atoms with Gasteiger partial charge in [-0.1, -0.05) is 48.9 Å². The maximum absolute atomic E-state index is 12.3. The van der Waals surface area contributed by atoms with Crippen LogP contribution in [0, 0.1) is 6.92 Å². The van der Waals surface area contributed by atoms with Gasteiger partial charge in [0.2, 0.25) is 0 Å². The molecule has 0 saturated heterocycles. The van der Waals surface area contributed by atoms with Crippen LogP contribution in [0.15, 0.2) is 53.9 Å². The summed E-state index contributed by atoms with van der Waals surface area (Å²) in [5, 5.41) is 5.99. The van der Waals surface area contributed by atoms with Crippen LogP contribution < -0.4 is 10.1 Å². The first-order valence-corrected chi connectivity index (χ1v) is 10.5. The number of amides is 1. The average Bonchev–Trinajstić information content (AvgIpc) is 3.18. The predicted molar refractivity (Wildman–Crippen MR) is 115 cm³/mol. The van der Waals surface area contributed by atoms with E-state index in [1.165, 1.54) is 11.1 Å². The Bertz CT molecular complexity index is 901. The summed E-state index contributed by atoms with van der Waals surface area (Å²) in [4.78, 5) is 16.9. The number of carbonyl (C=O) groups excluding carboxylic acids is 1. The molecule has 3 aromatic rings. The Balaban J connectivity index is 1.46. The summed E-state index contributed by atoms with van der Waals surface area (Å²) in [5.41, 5.74) is 4.60. The summed E-state index contributed by atoms with van der Waals surface area (Å²) >= 11 is 1.63. The van der Waals surface area contributed by atoms with Crippen LogP contribution in [0.25, 0.3) is 10.6 Å². The number of carbonyl (C=O) groups is 1. The van der Waals surface area contributed by atoms with Crippen molar-refractivity contribution in [3.8, 4) is 16.3 Å². The molecule has 1 heterocycles. The van der Waals surface area contributed by atoms with Crippen molar-refractivity contribution in [2.24, 2.45) is 0 Å². The van der Waals surface area contributed by atoms with Crippen LogP contribution >= 0.6 is 11.3 Å². The molecule has 28 heavy (non-hydrogen) atoms. The number of rotatable bonds is 8. The Labute approximate surface area is 170 Å². The molecular weight excluding hydrogens is 368 g/mol. The minimum absolute atomic E-state index is 0.117. The highest BCUT2D eigenvalue weighted by molar-refractivity contribution is 7.13. The van der Waals surface area contributed by atoms with Crippen molar-refractivity contribution < 1.29 is 9.53 Å². The molecule has 0 aliphatic rings. The fourth-order valence-electron chi connectivity index (χ4n) is 2.77. The van der Waals surface area contributed by atoms with Crippen molar-refractivity contribution in [1.29, 1.82) is 0 Å². The summed E-state index contributed by atoms with van der Waals surface area (Å²) in [6.45, 7) is 6.49. The molecule has 1 amide bonds. The Hall–Kier alpha value is -2.66. The third-order valence-electron chi connectivity index (χ3n) is 4.54. The first kappa shape index (κ1) is 20.1. The molecule has 3 rings (SSSR count). The molecule has 0 fully saturated rings. The van der Waals surface area contributed by atoms with E-state index in [2.05, 4.69) is 53.8 Å². The van der Waals surface area contributed by atoms with E-state index in [4.69, 9.17) is 4.74 Å². The smallest absolute Gasteiger partial charge is 0.260 e. The van der Waals surface area contributed by atoms with Crippen LogP contribution in [0.4, 0.5) is 0 Å². The molecule has 0 bridgehead atoms. The number of aromatic nitrogens is 1. The molecule has 2 aromatic carbocycles. The second-order valence-corrected chi connectivity index (χ2v) is 7.67. The van der Waals surface area contributed by atoms with Gasteiger partial charge in [-0.05, 0) is 38.0 Å². The van der Waals surface area contributed by atoms with Gasteiger partial charge in [-0.3, -0.25) is 4.79 Å². The largest absolute Gasteiger partial charge is 0.481 e. The van der Waals surface area contributed by atoms with Gasteiger partial charge in [0.05, 0.1) is 5.69 Å². The maximum Gasteiger partial charge on any atom is 0.260 e. The Morgan fingerprint density at radius 2 is 1.86 bits per heavy atom. The highest BCUT2D eigenvalue weighted by Gasteiger charge is 2.14. The SMILES string of the molecule is CCc1ccc(O[C@@H](C)C(=O)NCCc2csc(-c3ccc(C)cc3)n2)cc1. The van der Waals surface area contributed by atoms with E-state index in [9.17, 15) is 4.79 Å². The van der Waals surface area contributed by atoms with E-state index >= 15 is 0 Å². The number of hydrogen-bond acceptors (Lipinski definition) is 4. The number of ether oxygens (including phenoxy) is 1. The van der Waals surface area contributed by atoms with E-state index in [1.54, 1.807) is 18.3 Å². The lowest BCUT2D eigenvalue weighted by atomic mass is 10.2. The van der Waals surface area contributed by atoms with E-state index < -0.39 is 6.10 Å². The molecule has 0 unspecified atom stereocenters. The second kappa shape index (κ2) is 9.51. The van der Waals surface area contributed by atoms with Crippen molar-refractivity contribution >= 4 is 17.2 Å². The summed E-state index contributed by atoms with van der Waals surface area (Å²) in [6, 6.07) is 16.2. The molecule has 1 aromatic heterocycles. The molecule has 0 aliphatic carbocycles. The number of nitrogens with zero attached hydrogens (tertiary/aromatic N) is 1. The van der Waals surface area contributed by atoms with Gasteiger partial charge in [-0.25, -0.2) is 4.98 Å². The molecule has 0 radical (unpaired) electrons. The van der Waals surface area contributed by atoms with Gasteiger partial charge in [-0.2, -0.15) is 0 Å². The molecule has 0 aliphatic heterocycles. The molecule has 0 spiro atoms. The number of thiazole rings is 1. The van der Waals surface area contributed by atoms with Gasteiger partial charge < -0.3 is 10.1 Å². The zero-order chi connectivity index (χ0) is 19.9. The summed E-state index contributed by atoms with van der Waals surface area (Å²) in [5.74, 6) is 0.593. The average molecular weight is 395 g/mol. The van der Waals surface area contributed by atoms with Crippen LogP contribution in [0.5, 0.6) is 5.75 Å². The Kier molecular flexibility index (Phi) is 6.82. The van der Waals surface area contributed by atoms with Crippen molar-refractivity contribution in [2.45, 2.75) is 39.7 Å². The normalized spacial score (nSPS) is 11.8. The lowest BCUT2D eigenvalue weighted by Crippen LogP contribution is -2.37. The molecule has 146 valence electrons. The first-order chi connectivity index (χ1) is 13.5. The minimum Gasteiger partial charge on any atom is -0.481 e. The molecule has 5 heteroatoms. The summed E-state index contributed by atoms with van der Waals surface area (Å²) in [6.07, 6.45) is 1.15. The lowest BCUT2D eigenvalue weighted by Gasteiger charge is -2.14. The topological polar surface area (TPSA) is 51.2 Å². The summed E-state index contributed by atoms with van der Waals surface area (Å²) in [7, 11) is 0. The third-order valence-corrected chi connectivity index (χ3v) is 5.48. The van der Waals surface area contributed by atoms with E-state index in [1.807, 2.05) is 24.3 Å². The Morgan fingerprint density at radius 1 is 1.14 bits per heavy atom. The first-order valence-electron chi connectivity index (χ1n) is 9.60. The molecule has 1 N–H and O–H groups in total. The Morgan fingerprint density at radius 3 is 2.54 bits per heavy atom. The van der Waals surface area contributed by atoms with Crippen LogP contribution in [-0.2, 0) is 17.6 Å². The lowest BCUT2D eigenvalue weighted by molar-refractivity contribution is -0.127. The van der Waals surface area contributed by atoms with Crippen LogP contribution in [0.2, 0.25) is 0 Å². The second-order valence-electron chi connectivity index (χ2n) is 6.81. The number of hydrogen-bond donors (Lipinski definition) is 1. The van der Waals surface area contributed by atoms with Gasteiger partial charge >= 0.3 is 0 Å². The van der Waals surface area contributed by atoms with Crippen LogP contribution in [0.1, 0.15) is 30.7 Å². The van der Waals surface area contributed by atoms with Crippen molar-refractivity contribution in [1.82, 2.24) is 10.3 Å². The minimum atomic E-state index is -0.536. The molecule has 0 saturated carbocycles. The quantitative estimate of drug-likeness (QED) is 0.597. The van der Waals surface area contributed by atoms with E-state index in [-0.39, 0.29) is 5.91 Å². The van der Waals surface area contributed by atoms with Crippen molar-refractivity contribution in [3.63, 3.8) is 0 Å². The van der Waals surface area contributed by atoms with Crippen molar-refractivity contribution in [3.05, 3.63) is 70.7 Å². The fourth-order valence-corrected chi connectivity index (χ4v) is 3.63. The van der Waals surface area contributed by atoms with Gasteiger partial charge in [0.15, 0.2) is 6.10 Å². The highest BCUT2D eigenvalue weighted by Crippen LogP contribution is 2.24. The van der Waals surface area contributed by atoms with Crippen LogP contribution in [0.3, 0.4) is 0 Å². The standard InChI is InChI=1S/C23H26N2O2S/c1-4-18-7-11-21(12-8-18)27-17(3)22(26)24-14-13-20-15-28-23(25-20)19-9-5-16(2)6-10-19/h5-12,15,17H,4,13-14H2,1-3H3,(H,24,26)/t17-/m0/s1. The van der Waals surface area contributed by atoms with Crippen LogP contribution in [-0.4, -0.2) is 23.5 Å². The predicted octanol–water partition coefficient (Wildman–Crippen LogP) is 4.81. The zero-order valence-corrected chi connectivity index (χ0v) is 17.4. The highest BCUT2D eigenvalue weighted by atomic mass is 32.1. The number of aryl methyl sites for hydroxylation is 2. The maximum atomic E-state index is 12.3. The third kappa shape index (κ3) is 5.42. The van der Waals surface area contributed by atoms with E-state index in [0.717, 1.165) is 22.7 Å². The summed E-state index contributed by atoms with van der Waals surface area (Å²) < 4.78 is 5.72. The molecule has 4 nitrogen and oxygen atoms in total.